The number of phenolic OH excluding ortho intramolecular Hbond substituents is 2. The zero-order valence-corrected chi connectivity index (χ0v) is 19.0. The smallest absolute Gasteiger partial charge is 0.417 e. The standard InChI is InChI=1S/C18H13F3N3O7PS2/c19-18(20,21)13-6-12(3-1-11(13)7-22)31-32(27,28)9-24-34(29,30)16-8-23-17(33-16)10-2-4-14(25)15(26)5-10/h1-6,8,24-26H,9H2,(H,27,28). The van der Waals surface area contributed by atoms with Gasteiger partial charge in [-0.2, -0.15) is 23.2 Å². The predicted molar refractivity (Wildman–Crippen MR) is 113 cm³/mol. The summed E-state index contributed by atoms with van der Waals surface area (Å²) in [6.45, 7) is 0. The molecule has 3 rings (SSSR count). The van der Waals surface area contributed by atoms with Gasteiger partial charge in [0.1, 0.15) is 17.0 Å². The number of nitrogens with zero attached hydrogens (tertiary/aromatic N) is 2. The predicted octanol–water partition coefficient (Wildman–Crippen LogP) is 3.61. The molecule has 1 atom stereocenters. The van der Waals surface area contributed by atoms with E-state index < -0.39 is 58.5 Å². The third-order valence-corrected chi connectivity index (χ3v) is 8.27. The minimum atomic E-state index is -4.93. The van der Waals surface area contributed by atoms with Crippen LogP contribution in [0.15, 0.2) is 46.8 Å². The van der Waals surface area contributed by atoms with E-state index in [9.17, 15) is 41.3 Å². The van der Waals surface area contributed by atoms with Crippen LogP contribution in [-0.2, 0) is 20.8 Å². The molecular weight excluding hydrogens is 522 g/mol. The Hall–Kier alpha value is -3.15. The van der Waals surface area contributed by atoms with Gasteiger partial charge in [-0.05, 0) is 36.4 Å². The molecule has 0 amide bonds. The molecule has 1 unspecified atom stereocenters. The van der Waals surface area contributed by atoms with Gasteiger partial charge in [0.25, 0.3) is 10.0 Å². The quantitative estimate of drug-likeness (QED) is 0.261. The number of aromatic hydroxyl groups is 2. The second kappa shape index (κ2) is 9.24. The number of phenols is 2. The molecule has 4 N–H and O–H groups in total. The van der Waals surface area contributed by atoms with Crippen LogP contribution in [0.25, 0.3) is 10.6 Å². The molecule has 10 nitrogen and oxygen atoms in total. The molecule has 34 heavy (non-hydrogen) atoms. The number of hydrogen-bond donors (Lipinski definition) is 4. The highest BCUT2D eigenvalue weighted by molar-refractivity contribution is 7.92. The van der Waals surface area contributed by atoms with Gasteiger partial charge < -0.3 is 19.6 Å². The summed E-state index contributed by atoms with van der Waals surface area (Å²) in [4.78, 5) is 13.8. The number of thiazole rings is 1. The first-order valence-corrected chi connectivity index (χ1v) is 12.9. The molecule has 180 valence electrons. The lowest BCUT2D eigenvalue weighted by Gasteiger charge is -2.16. The third kappa shape index (κ3) is 5.85. The van der Waals surface area contributed by atoms with Gasteiger partial charge in [-0.3, -0.25) is 0 Å². The lowest BCUT2D eigenvalue weighted by molar-refractivity contribution is -0.137. The summed E-state index contributed by atoms with van der Waals surface area (Å²) in [6.07, 6.45) is -5.15. The normalized spacial score (nSPS) is 13.7. The van der Waals surface area contributed by atoms with Gasteiger partial charge >= 0.3 is 13.8 Å². The van der Waals surface area contributed by atoms with E-state index in [1.165, 1.54) is 18.2 Å². The van der Waals surface area contributed by atoms with Gasteiger partial charge in [0.15, 0.2) is 15.7 Å². The highest BCUT2D eigenvalue weighted by atomic mass is 32.2. The maximum Gasteiger partial charge on any atom is 0.417 e. The molecule has 3 aromatic rings. The van der Waals surface area contributed by atoms with Gasteiger partial charge in [0.05, 0.1) is 23.4 Å². The Kier molecular flexibility index (Phi) is 6.92. The molecule has 0 fully saturated rings. The van der Waals surface area contributed by atoms with Crippen LogP contribution in [-0.4, -0.2) is 34.8 Å². The minimum Gasteiger partial charge on any atom is -0.504 e. The number of nitriles is 1. The van der Waals surface area contributed by atoms with E-state index in [4.69, 9.17) is 5.26 Å². The first-order valence-electron chi connectivity index (χ1n) is 8.82. The molecule has 1 heterocycles. The Morgan fingerprint density at radius 1 is 1.18 bits per heavy atom. The van der Waals surface area contributed by atoms with Crippen LogP contribution < -0.4 is 9.25 Å². The van der Waals surface area contributed by atoms with Crippen molar-refractivity contribution in [1.82, 2.24) is 9.71 Å². The molecular formula is C18H13F3N3O7PS2. The average Bonchev–Trinajstić information content (AvgIpc) is 3.25. The fourth-order valence-corrected chi connectivity index (χ4v) is 6.19. The van der Waals surface area contributed by atoms with Gasteiger partial charge in [-0.1, -0.05) is 0 Å². The number of benzene rings is 2. The Labute approximate surface area is 194 Å². The molecule has 0 bridgehead atoms. The van der Waals surface area contributed by atoms with Gasteiger partial charge in [0, 0.05) is 5.56 Å². The van der Waals surface area contributed by atoms with Crippen LogP contribution >= 0.6 is 18.9 Å². The summed E-state index contributed by atoms with van der Waals surface area (Å²) in [5.41, 5.74) is -1.82. The Balaban J connectivity index is 1.74. The van der Waals surface area contributed by atoms with E-state index in [0.717, 1.165) is 24.4 Å². The Bertz CT molecular complexity index is 1440. The maximum atomic E-state index is 13.0. The number of sulfonamides is 1. The van der Waals surface area contributed by atoms with Crippen molar-refractivity contribution in [2.45, 2.75) is 10.4 Å². The van der Waals surface area contributed by atoms with Crippen LogP contribution in [0.5, 0.6) is 17.2 Å². The zero-order chi connectivity index (χ0) is 25.3. The van der Waals surface area contributed by atoms with Crippen molar-refractivity contribution in [3.05, 3.63) is 53.7 Å². The van der Waals surface area contributed by atoms with Crippen molar-refractivity contribution in [3.63, 3.8) is 0 Å². The summed E-state index contributed by atoms with van der Waals surface area (Å²) in [5.74, 6) is -1.54. The van der Waals surface area contributed by atoms with E-state index in [1.807, 2.05) is 4.72 Å². The van der Waals surface area contributed by atoms with E-state index in [2.05, 4.69) is 9.51 Å². The summed E-state index contributed by atoms with van der Waals surface area (Å²) >= 11 is 0.649. The lowest BCUT2D eigenvalue weighted by atomic mass is 10.1. The first-order chi connectivity index (χ1) is 15.7. The van der Waals surface area contributed by atoms with Crippen molar-refractivity contribution < 1.29 is 45.8 Å². The van der Waals surface area contributed by atoms with Gasteiger partial charge in [0.2, 0.25) is 0 Å². The molecule has 0 saturated carbocycles. The van der Waals surface area contributed by atoms with Crippen molar-refractivity contribution in [2.24, 2.45) is 0 Å². The molecule has 0 aliphatic heterocycles. The molecule has 0 aliphatic rings. The molecule has 2 aromatic carbocycles. The van der Waals surface area contributed by atoms with Crippen LogP contribution in [0, 0.1) is 11.3 Å². The van der Waals surface area contributed by atoms with Gasteiger partial charge in [-0.15, -0.1) is 11.3 Å². The monoisotopic (exact) mass is 535 g/mol. The fraction of sp³-hybridized carbons (Fsp3) is 0.111. The Morgan fingerprint density at radius 2 is 1.88 bits per heavy atom. The molecule has 0 saturated heterocycles. The van der Waals surface area contributed by atoms with Crippen LogP contribution in [0.2, 0.25) is 0 Å². The summed E-state index contributed by atoms with van der Waals surface area (Å²) in [5, 5.41) is 27.8. The number of nitrogens with one attached hydrogen (secondary N) is 1. The van der Waals surface area contributed by atoms with E-state index >= 15 is 0 Å². The van der Waals surface area contributed by atoms with Crippen molar-refractivity contribution >= 4 is 29.0 Å². The van der Waals surface area contributed by atoms with E-state index in [1.54, 1.807) is 0 Å². The molecule has 0 aliphatic carbocycles. The van der Waals surface area contributed by atoms with Crippen LogP contribution in [0.3, 0.4) is 0 Å². The fourth-order valence-electron chi connectivity index (χ4n) is 2.52. The highest BCUT2D eigenvalue weighted by Crippen LogP contribution is 2.44. The second-order valence-electron chi connectivity index (χ2n) is 6.54. The molecule has 0 radical (unpaired) electrons. The molecule has 0 spiro atoms. The van der Waals surface area contributed by atoms with Crippen molar-refractivity contribution in [1.29, 1.82) is 5.26 Å². The highest BCUT2D eigenvalue weighted by Gasteiger charge is 2.35. The van der Waals surface area contributed by atoms with Crippen LogP contribution in [0.1, 0.15) is 11.1 Å². The second-order valence-corrected chi connectivity index (χ2v) is 11.3. The number of alkyl halides is 3. The SMILES string of the molecule is N#Cc1ccc(OP(=O)(O)CNS(=O)(=O)c2cnc(-c3ccc(O)c(O)c3)s2)cc1C(F)(F)F. The molecule has 16 heteroatoms. The Morgan fingerprint density at radius 3 is 2.50 bits per heavy atom. The van der Waals surface area contributed by atoms with Crippen molar-refractivity contribution in [2.75, 3.05) is 6.29 Å². The number of aromatic nitrogens is 1. The number of hydrogen-bond acceptors (Lipinski definition) is 9. The lowest BCUT2D eigenvalue weighted by Crippen LogP contribution is -2.25. The van der Waals surface area contributed by atoms with E-state index in [0.29, 0.717) is 23.0 Å². The summed E-state index contributed by atoms with van der Waals surface area (Å²) < 4.78 is 82.5. The maximum absolute atomic E-state index is 13.0. The number of halogens is 3. The third-order valence-electron chi connectivity index (χ3n) is 4.09. The number of rotatable bonds is 7. The zero-order valence-electron chi connectivity index (χ0n) is 16.5. The largest absolute Gasteiger partial charge is 0.504 e. The topological polar surface area (TPSA) is 170 Å². The van der Waals surface area contributed by atoms with Crippen LogP contribution in [0.4, 0.5) is 13.2 Å². The molecule has 1 aromatic heterocycles. The van der Waals surface area contributed by atoms with Crippen molar-refractivity contribution in [3.8, 4) is 33.9 Å². The summed E-state index contributed by atoms with van der Waals surface area (Å²) in [6, 6.07) is 7.03. The summed E-state index contributed by atoms with van der Waals surface area (Å²) in [7, 11) is -9.18. The first kappa shape index (κ1) is 25.5. The van der Waals surface area contributed by atoms with E-state index in [-0.39, 0.29) is 9.22 Å². The average molecular weight is 535 g/mol. The minimum absolute atomic E-state index is 0.149. The van der Waals surface area contributed by atoms with Gasteiger partial charge in [-0.25, -0.2) is 18.0 Å².